The highest BCUT2D eigenvalue weighted by atomic mass is 16.5. The maximum atomic E-state index is 5.10. The van der Waals surface area contributed by atoms with Crippen LogP contribution in [-0.4, -0.2) is 43.2 Å². The molecule has 1 aromatic rings. The fourth-order valence-electron chi connectivity index (χ4n) is 2.54. The quantitative estimate of drug-likeness (QED) is 0.840. The number of nitrogens with zero attached hydrogens (tertiary/aromatic N) is 2. The number of rotatable bonds is 6. The number of hydrogen-bond acceptors (Lipinski definition) is 4. The van der Waals surface area contributed by atoms with Crippen LogP contribution in [0.2, 0.25) is 0 Å². The third-order valence-electron chi connectivity index (χ3n) is 3.69. The van der Waals surface area contributed by atoms with E-state index in [0.717, 1.165) is 24.8 Å². The number of nitrogens with one attached hydrogen (secondary N) is 1. The highest BCUT2D eigenvalue weighted by Crippen LogP contribution is 2.22. The van der Waals surface area contributed by atoms with Crippen molar-refractivity contribution < 1.29 is 4.74 Å². The van der Waals surface area contributed by atoms with E-state index < -0.39 is 0 Å². The van der Waals surface area contributed by atoms with Gasteiger partial charge in [-0.25, -0.2) is 4.98 Å². The predicted octanol–water partition coefficient (Wildman–Crippen LogP) is 2.38. The SMILES string of the molecule is COc1cc(NCCN(C)C2CCCC2)ccn1. The maximum absolute atomic E-state index is 5.10. The van der Waals surface area contributed by atoms with Crippen LogP contribution in [-0.2, 0) is 0 Å². The molecule has 1 aliphatic carbocycles. The highest BCUT2D eigenvalue weighted by Gasteiger charge is 2.18. The summed E-state index contributed by atoms with van der Waals surface area (Å²) < 4.78 is 5.10. The molecule has 1 fully saturated rings. The van der Waals surface area contributed by atoms with E-state index in [0.29, 0.717) is 5.88 Å². The van der Waals surface area contributed by atoms with Gasteiger partial charge in [-0.3, -0.25) is 0 Å². The first-order chi connectivity index (χ1) is 8.79. The molecule has 2 rings (SSSR count). The summed E-state index contributed by atoms with van der Waals surface area (Å²) in [7, 11) is 3.87. The summed E-state index contributed by atoms with van der Waals surface area (Å²) in [5, 5.41) is 3.41. The minimum Gasteiger partial charge on any atom is -0.481 e. The second kappa shape index (κ2) is 6.59. The van der Waals surface area contributed by atoms with Gasteiger partial charge in [0.05, 0.1) is 7.11 Å². The normalized spacial score (nSPS) is 16.2. The third kappa shape index (κ3) is 3.60. The number of aromatic nitrogens is 1. The lowest BCUT2D eigenvalue weighted by molar-refractivity contribution is 0.254. The largest absolute Gasteiger partial charge is 0.481 e. The van der Waals surface area contributed by atoms with Crippen LogP contribution in [0.1, 0.15) is 25.7 Å². The van der Waals surface area contributed by atoms with Crippen LogP contribution in [0, 0.1) is 0 Å². The average Bonchev–Trinajstić information content (AvgIpc) is 2.93. The molecule has 0 atom stereocenters. The Morgan fingerprint density at radius 2 is 2.22 bits per heavy atom. The van der Waals surface area contributed by atoms with E-state index in [9.17, 15) is 0 Å². The van der Waals surface area contributed by atoms with Gasteiger partial charge in [0.15, 0.2) is 0 Å². The van der Waals surface area contributed by atoms with Crippen LogP contribution in [0.15, 0.2) is 18.3 Å². The van der Waals surface area contributed by atoms with Gasteiger partial charge < -0.3 is 15.0 Å². The second-order valence-corrected chi connectivity index (χ2v) is 4.93. The number of hydrogen-bond donors (Lipinski definition) is 1. The van der Waals surface area contributed by atoms with Crippen molar-refractivity contribution in [1.82, 2.24) is 9.88 Å². The molecule has 1 aromatic heterocycles. The van der Waals surface area contributed by atoms with Gasteiger partial charge in [0.25, 0.3) is 0 Å². The van der Waals surface area contributed by atoms with Crippen LogP contribution in [0.4, 0.5) is 5.69 Å². The highest BCUT2D eigenvalue weighted by molar-refractivity contribution is 5.44. The molecule has 0 spiro atoms. The molecule has 0 saturated heterocycles. The van der Waals surface area contributed by atoms with Crippen LogP contribution >= 0.6 is 0 Å². The summed E-state index contributed by atoms with van der Waals surface area (Å²) >= 11 is 0. The van der Waals surface area contributed by atoms with Gasteiger partial charge in [-0.1, -0.05) is 12.8 Å². The van der Waals surface area contributed by atoms with Crippen molar-refractivity contribution in [2.45, 2.75) is 31.7 Å². The van der Waals surface area contributed by atoms with Crippen LogP contribution in [0.5, 0.6) is 5.88 Å². The first kappa shape index (κ1) is 13.1. The molecule has 1 aliphatic rings. The lowest BCUT2D eigenvalue weighted by atomic mass is 10.2. The standard InChI is InChI=1S/C14H23N3O/c1-17(13-5-3-4-6-13)10-9-15-12-7-8-16-14(11-12)18-2/h7-8,11,13H,3-6,9-10H2,1-2H3,(H,15,16). The first-order valence-electron chi connectivity index (χ1n) is 6.74. The van der Waals surface area contributed by atoms with Gasteiger partial charge in [-0.15, -0.1) is 0 Å². The molecule has 1 N–H and O–H groups in total. The molecule has 100 valence electrons. The smallest absolute Gasteiger partial charge is 0.214 e. The molecule has 0 amide bonds. The Balaban J connectivity index is 1.73. The van der Waals surface area contributed by atoms with E-state index in [2.05, 4.69) is 22.2 Å². The Hall–Kier alpha value is -1.29. The molecule has 1 heterocycles. The third-order valence-corrected chi connectivity index (χ3v) is 3.69. The molecular weight excluding hydrogens is 226 g/mol. The molecule has 1 saturated carbocycles. The van der Waals surface area contributed by atoms with Crippen molar-refractivity contribution in [1.29, 1.82) is 0 Å². The molecule has 0 radical (unpaired) electrons. The van der Waals surface area contributed by atoms with Crippen molar-refractivity contribution in [3.63, 3.8) is 0 Å². The van der Waals surface area contributed by atoms with Gasteiger partial charge >= 0.3 is 0 Å². The zero-order valence-electron chi connectivity index (χ0n) is 11.4. The lowest BCUT2D eigenvalue weighted by Gasteiger charge is -2.24. The Morgan fingerprint density at radius 1 is 1.44 bits per heavy atom. The predicted molar refractivity (Wildman–Crippen MR) is 74.2 cm³/mol. The fourth-order valence-corrected chi connectivity index (χ4v) is 2.54. The molecule has 0 aliphatic heterocycles. The second-order valence-electron chi connectivity index (χ2n) is 4.93. The summed E-state index contributed by atoms with van der Waals surface area (Å²) in [5.74, 6) is 0.657. The van der Waals surface area contributed by atoms with Crippen molar-refractivity contribution in [3.05, 3.63) is 18.3 Å². The summed E-state index contributed by atoms with van der Waals surface area (Å²) in [5.41, 5.74) is 1.07. The van der Waals surface area contributed by atoms with Gasteiger partial charge in [0.1, 0.15) is 0 Å². The topological polar surface area (TPSA) is 37.4 Å². The number of pyridine rings is 1. The van der Waals surface area contributed by atoms with E-state index in [4.69, 9.17) is 4.74 Å². The summed E-state index contributed by atoms with van der Waals surface area (Å²) in [6.07, 6.45) is 7.27. The van der Waals surface area contributed by atoms with Crippen molar-refractivity contribution >= 4 is 5.69 Å². The summed E-state index contributed by atoms with van der Waals surface area (Å²) in [6.45, 7) is 2.04. The van der Waals surface area contributed by atoms with Crippen LogP contribution in [0.25, 0.3) is 0 Å². The van der Waals surface area contributed by atoms with E-state index in [1.807, 2.05) is 12.1 Å². The van der Waals surface area contributed by atoms with E-state index >= 15 is 0 Å². The molecule has 0 bridgehead atoms. The van der Waals surface area contributed by atoms with Crippen LogP contribution < -0.4 is 10.1 Å². The van der Waals surface area contributed by atoms with E-state index in [-0.39, 0.29) is 0 Å². The van der Waals surface area contributed by atoms with Crippen molar-refractivity contribution in [2.24, 2.45) is 0 Å². The minimum absolute atomic E-state index is 0.657. The average molecular weight is 249 g/mol. The molecule has 4 heteroatoms. The van der Waals surface area contributed by atoms with Crippen LogP contribution in [0.3, 0.4) is 0 Å². The fraction of sp³-hybridized carbons (Fsp3) is 0.643. The Kier molecular flexibility index (Phi) is 4.81. The number of ether oxygens (including phenoxy) is 1. The number of anilines is 1. The monoisotopic (exact) mass is 249 g/mol. The molecular formula is C14H23N3O. The van der Waals surface area contributed by atoms with Gasteiger partial charge in [-0.2, -0.15) is 0 Å². The zero-order chi connectivity index (χ0) is 12.8. The minimum atomic E-state index is 0.657. The van der Waals surface area contributed by atoms with E-state index in [1.165, 1.54) is 25.7 Å². The van der Waals surface area contributed by atoms with Gasteiger partial charge in [0.2, 0.25) is 5.88 Å². The maximum Gasteiger partial charge on any atom is 0.214 e. The molecule has 0 unspecified atom stereocenters. The molecule has 4 nitrogen and oxygen atoms in total. The number of methoxy groups -OCH3 is 1. The van der Waals surface area contributed by atoms with Gasteiger partial charge in [0, 0.05) is 37.1 Å². The Labute approximate surface area is 109 Å². The van der Waals surface area contributed by atoms with E-state index in [1.54, 1.807) is 13.3 Å². The van der Waals surface area contributed by atoms with Gasteiger partial charge in [-0.05, 0) is 26.0 Å². The first-order valence-corrected chi connectivity index (χ1v) is 6.74. The molecule has 0 aromatic carbocycles. The van der Waals surface area contributed by atoms with Crippen molar-refractivity contribution in [2.75, 3.05) is 32.6 Å². The summed E-state index contributed by atoms with van der Waals surface area (Å²) in [6, 6.07) is 4.69. The van der Waals surface area contributed by atoms with Crippen molar-refractivity contribution in [3.8, 4) is 5.88 Å². The zero-order valence-corrected chi connectivity index (χ0v) is 11.4. The summed E-state index contributed by atoms with van der Waals surface area (Å²) in [4.78, 5) is 6.56. The number of likely N-dealkylation sites (N-methyl/N-ethyl adjacent to an activating group) is 1. The lowest BCUT2D eigenvalue weighted by Crippen LogP contribution is -2.33. The Bertz CT molecular complexity index is 364. The Morgan fingerprint density at radius 3 is 2.94 bits per heavy atom. The molecule has 18 heavy (non-hydrogen) atoms.